The summed E-state index contributed by atoms with van der Waals surface area (Å²) in [5, 5.41) is 0. The molecule has 0 saturated carbocycles. The lowest BCUT2D eigenvalue weighted by atomic mass is 10.2. The molecular weight excluding hydrogens is 269 g/mol. The maximum Gasteiger partial charge on any atom is 0.157 e. The Bertz CT molecular complexity index is 895. The molecule has 1 aromatic carbocycles. The van der Waals surface area contributed by atoms with Crippen molar-refractivity contribution >= 4 is 11.2 Å². The summed E-state index contributed by atoms with van der Waals surface area (Å²) in [5.41, 5.74) is 3.10. The second-order valence-electron chi connectivity index (χ2n) is 4.66. The van der Waals surface area contributed by atoms with Crippen LogP contribution in [0.1, 0.15) is 0 Å². The number of nitrogens with one attached hydrogen (secondary N) is 1. The van der Waals surface area contributed by atoms with Gasteiger partial charge in [-0.3, -0.25) is 0 Å². The molecule has 4 aromatic rings. The van der Waals surface area contributed by atoms with Crippen LogP contribution in [0.2, 0.25) is 0 Å². The van der Waals surface area contributed by atoms with Crippen molar-refractivity contribution < 1.29 is 8.81 Å². The van der Waals surface area contributed by atoms with Gasteiger partial charge in [0.15, 0.2) is 5.65 Å². The van der Waals surface area contributed by atoms with Gasteiger partial charge in [-0.1, -0.05) is 0 Å². The van der Waals surface area contributed by atoms with Crippen LogP contribution in [0.4, 0.5) is 4.39 Å². The van der Waals surface area contributed by atoms with Crippen molar-refractivity contribution in [1.82, 2.24) is 15.0 Å². The Hall–Kier alpha value is -2.95. The van der Waals surface area contributed by atoms with Crippen LogP contribution >= 0.6 is 0 Å². The number of fused-ring (bicyclic) bond motifs is 1. The molecule has 4 nitrogen and oxygen atoms in total. The predicted octanol–water partition coefficient (Wildman–Crippen LogP) is 4.02. The topological polar surface area (TPSA) is 54.7 Å². The van der Waals surface area contributed by atoms with E-state index >= 15 is 0 Å². The molecular formula is C16H10FN3O. The number of rotatable bonds is 2. The smallest absolute Gasteiger partial charge is 0.157 e. The number of nitrogens with zero attached hydrogens (tertiary/aromatic N) is 2. The Kier molecular flexibility index (Phi) is 2.57. The van der Waals surface area contributed by atoms with Crippen molar-refractivity contribution in [2.75, 3.05) is 0 Å². The number of imidazole rings is 1. The zero-order chi connectivity index (χ0) is 14.2. The van der Waals surface area contributed by atoms with Gasteiger partial charge in [0.05, 0.1) is 6.26 Å². The summed E-state index contributed by atoms with van der Waals surface area (Å²) >= 11 is 0. The molecule has 1 N–H and O–H groups in total. The van der Waals surface area contributed by atoms with Crippen LogP contribution in [0.5, 0.6) is 0 Å². The Morgan fingerprint density at radius 2 is 1.90 bits per heavy atom. The highest BCUT2D eigenvalue weighted by Crippen LogP contribution is 2.24. The molecule has 3 heterocycles. The number of furan rings is 1. The molecule has 0 fully saturated rings. The zero-order valence-electron chi connectivity index (χ0n) is 10.9. The summed E-state index contributed by atoms with van der Waals surface area (Å²) in [5.74, 6) is 1.14. The fourth-order valence-electron chi connectivity index (χ4n) is 2.22. The summed E-state index contributed by atoms with van der Waals surface area (Å²) in [4.78, 5) is 12.0. The van der Waals surface area contributed by atoms with Crippen molar-refractivity contribution in [1.29, 1.82) is 0 Å². The van der Waals surface area contributed by atoms with E-state index in [-0.39, 0.29) is 5.82 Å². The third-order valence-corrected chi connectivity index (χ3v) is 3.26. The number of aromatic amines is 1. The van der Waals surface area contributed by atoms with Crippen LogP contribution < -0.4 is 0 Å². The van der Waals surface area contributed by atoms with Crippen LogP contribution in [0.25, 0.3) is 33.9 Å². The third-order valence-electron chi connectivity index (χ3n) is 3.26. The Morgan fingerprint density at radius 3 is 2.67 bits per heavy atom. The highest BCUT2D eigenvalue weighted by Gasteiger charge is 2.09. The van der Waals surface area contributed by atoms with Crippen molar-refractivity contribution in [2.24, 2.45) is 0 Å². The number of halogens is 1. The van der Waals surface area contributed by atoms with Gasteiger partial charge in [-0.15, -0.1) is 0 Å². The molecule has 0 aliphatic carbocycles. The summed E-state index contributed by atoms with van der Waals surface area (Å²) in [7, 11) is 0. The Balaban J connectivity index is 1.81. The van der Waals surface area contributed by atoms with E-state index in [9.17, 15) is 4.39 Å². The molecule has 4 rings (SSSR count). The van der Waals surface area contributed by atoms with Gasteiger partial charge in [-0.05, 0) is 42.5 Å². The zero-order valence-corrected chi connectivity index (χ0v) is 10.9. The van der Waals surface area contributed by atoms with Crippen molar-refractivity contribution in [3.63, 3.8) is 0 Å². The van der Waals surface area contributed by atoms with E-state index < -0.39 is 0 Å². The molecule has 0 spiro atoms. The van der Waals surface area contributed by atoms with E-state index in [1.54, 1.807) is 24.6 Å². The molecule has 3 aromatic heterocycles. The standard InChI is InChI=1S/C16H10FN3O/c17-12-5-3-10(4-6-12)15-19-13-8-11(9-18-16(13)20-15)14-2-1-7-21-14/h1-9H,(H,18,19,20). The summed E-state index contributed by atoms with van der Waals surface area (Å²) in [6, 6.07) is 11.8. The summed E-state index contributed by atoms with van der Waals surface area (Å²) in [6.07, 6.45) is 3.35. The van der Waals surface area contributed by atoms with Gasteiger partial charge in [0.1, 0.15) is 22.9 Å². The molecule has 0 aliphatic heterocycles. The van der Waals surface area contributed by atoms with Crippen LogP contribution in [-0.4, -0.2) is 15.0 Å². The lowest BCUT2D eigenvalue weighted by Gasteiger charge is -1.94. The highest BCUT2D eigenvalue weighted by atomic mass is 19.1. The molecule has 102 valence electrons. The summed E-state index contributed by atoms with van der Waals surface area (Å²) < 4.78 is 18.3. The maximum absolute atomic E-state index is 13.0. The van der Waals surface area contributed by atoms with E-state index in [1.165, 1.54) is 12.1 Å². The number of benzene rings is 1. The molecule has 0 atom stereocenters. The highest BCUT2D eigenvalue weighted by molar-refractivity contribution is 5.79. The first-order valence-electron chi connectivity index (χ1n) is 6.45. The fraction of sp³-hybridized carbons (Fsp3) is 0. The van der Waals surface area contributed by atoms with Gasteiger partial charge in [0, 0.05) is 17.3 Å². The number of aromatic nitrogens is 3. The van der Waals surface area contributed by atoms with Crippen LogP contribution in [0.15, 0.2) is 59.3 Å². The molecule has 0 unspecified atom stereocenters. The first kappa shape index (κ1) is 11.8. The molecule has 0 bridgehead atoms. The molecule has 0 amide bonds. The minimum absolute atomic E-state index is 0.270. The number of hydrogen-bond donors (Lipinski definition) is 1. The van der Waals surface area contributed by atoms with Crippen LogP contribution in [-0.2, 0) is 0 Å². The summed E-state index contributed by atoms with van der Waals surface area (Å²) in [6.45, 7) is 0. The Morgan fingerprint density at radius 1 is 1.05 bits per heavy atom. The molecule has 0 aliphatic rings. The maximum atomic E-state index is 13.0. The van der Waals surface area contributed by atoms with E-state index in [0.717, 1.165) is 22.4 Å². The molecule has 5 heteroatoms. The van der Waals surface area contributed by atoms with Gasteiger partial charge in [-0.2, -0.15) is 0 Å². The molecule has 0 radical (unpaired) electrons. The van der Waals surface area contributed by atoms with Gasteiger partial charge in [-0.25, -0.2) is 14.4 Å². The van der Waals surface area contributed by atoms with Gasteiger partial charge < -0.3 is 9.40 Å². The van der Waals surface area contributed by atoms with Gasteiger partial charge in [0.25, 0.3) is 0 Å². The predicted molar refractivity (Wildman–Crippen MR) is 77.0 cm³/mol. The first-order valence-corrected chi connectivity index (χ1v) is 6.45. The van der Waals surface area contributed by atoms with Crippen molar-refractivity contribution in [3.05, 3.63) is 60.7 Å². The van der Waals surface area contributed by atoms with Crippen molar-refractivity contribution in [2.45, 2.75) is 0 Å². The minimum Gasteiger partial charge on any atom is -0.464 e. The second kappa shape index (κ2) is 4.56. The lowest BCUT2D eigenvalue weighted by molar-refractivity contribution is 0.582. The largest absolute Gasteiger partial charge is 0.464 e. The molecule has 21 heavy (non-hydrogen) atoms. The van der Waals surface area contributed by atoms with E-state index in [2.05, 4.69) is 15.0 Å². The Labute approximate surface area is 119 Å². The SMILES string of the molecule is Fc1ccc(-c2nc3cc(-c4ccco4)cnc3[nH]2)cc1. The average molecular weight is 279 g/mol. The van der Waals surface area contributed by atoms with E-state index in [1.807, 2.05) is 18.2 Å². The average Bonchev–Trinajstić information content (AvgIpc) is 3.16. The third kappa shape index (κ3) is 2.08. The van der Waals surface area contributed by atoms with Gasteiger partial charge in [0.2, 0.25) is 0 Å². The fourth-order valence-corrected chi connectivity index (χ4v) is 2.22. The van der Waals surface area contributed by atoms with Gasteiger partial charge >= 0.3 is 0 Å². The number of hydrogen-bond acceptors (Lipinski definition) is 3. The molecule has 0 saturated heterocycles. The second-order valence-corrected chi connectivity index (χ2v) is 4.66. The van der Waals surface area contributed by atoms with Crippen molar-refractivity contribution in [3.8, 4) is 22.7 Å². The quantitative estimate of drug-likeness (QED) is 0.603. The van der Waals surface area contributed by atoms with E-state index in [0.29, 0.717) is 11.5 Å². The number of H-pyrrole nitrogens is 1. The van der Waals surface area contributed by atoms with E-state index in [4.69, 9.17) is 4.42 Å². The monoisotopic (exact) mass is 279 g/mol. The van der Waals surface area contributed by atoms with Crippen LogP contribution in [0, 0.1) is 5.82 Å². The first-order chi connectivity index (χ1) is 10.3. The minimum atomic E-state index is -0.270. The van der Waals surface area contributed by atoms with Crippen LogP contribution in [0.3, 0.4) is 0 Å². The normalized spacial score (nSPS) is 11.1. The number of pyridine rings is 1. The lowest BCUT2D eigenvalue weighted by Crippen LogP contribution is -1.80.